The summed E-state index contributed by atoms with van der Waals surface area (Å²) >= 11 is 6.02. The minimum absolute atomic E-state index is 0.0415. The molecule has 3 rings (SSSR count). The number of anilines is 1. The largest absolute Gasteiger partial charge is 0.332 e. The maximum absolute atomic E-state index is 12.8. The Bertz CT molecular complexity index is 1070. The molecule has 0 bridgehead atoms. The van der Waals surface area contributed by atoms with E-state index in [-0.39, 0.29) is 18.4 Å². The molecular weight excluding hydrogens is 426 g/mol. The fourth-order valence-electron chi connectivity index (χ4n) is 3.14. The van der Waals surface area contributed by atoms with Crippen LogP contribution in [0.3, 0.4) is 0 Å². The van der Waals surface area contributed by atoms with Crippen molar-refractivity contribution in [3.63, 3.8) is 0 Å². The molecule has 0 aliphatic heterocycles. The van der Waals surface area contributed by atoms with Crippen LogP contribution in [-0.4, -0.2) is 64.9 Å². The van der Waals surface area contributed by atoms with Crippen LogP contribution in [0.15, 0.2) is 54.7 Å². The lowest BCUT2D eigenvalue weighted by atomic mass is 10.2. The first kappa shape index (κ1) is 23.5. The second kappa shape index (κ2) is 10.4. The van der Waals surface area contributed by atoms with E-state index in [9.17, 15) is 9.59 Å². The first-order valence-corrected chi connectivity index (χ1v) is 10.7. The van der Waals surface area contributed by atoms with E-state index < -0.39 is 0 Å². The predicted molar refractivity (Wildman–Crippen MR) is 128 cm³/mol. The monoisotopic (exact) mass is 453 g/mol. The van der Waals surface area contributed by atoms with Gasteiger partial charge in [0.2, 0.25) is 17.8 Å². The summed E-state index contributed by atoms with van der Waals surface area (Å²) in [7, 11) is 3.85. The molecule has 0 saturated heterocycles. The number of aryl methyl sites for hydroxylation is 1. The molecule has 2 amide bonds. The molecular formula is C24H28ClN5O2. The number of carbonyl (C=O) groups is 2. The quantitative estimate of drug-likeness (QED) is 0.562. The van der Waals surface area contributed by atoms with Gasteiger partial charge in [0.15, 0.2) is 0 Å². The van der Waals surface area contributed by atoms with Crippen molar-refractivity contribution in [1.82, 2.24) is 19.4 Å². The van der Waals surface area contributed by atoms with E-state index in [0.717, 1.165) is 16.8 Å². The van der Waals surface area contributed by atoms with Crippen molar-refractivity contribution in [2.24, 2.45) is 0 Å². The van der Waals surface area contributed by atoms with E-state index in [0.29, 0.717) is 29.8 Å². The molecule has 2 aromatic carbocycles. The number of carbonyl (C=O) groups excluding carboxylic acids is 2. The molecule has 8 heteroatoms. The number of halogens is 1. The van der Waals surface area contributed by atoms with Crippen LogP contribution in [0.4, 0.5) is 5.95 Å². The number of nitrogens with zero attached hydrogens (tertiary/aromatic N) is 4. The number of likely N-dealkylation sites (N-methyl/N-ethyl adjacent to an activating group) is 1. The van der Waals surface area contributed by atoms with Gasteiger partial charge in [0.1, 0.15) is 0 Å². The molecule has 0 unspecified atom stereocenters. The number of hydrogen-bond acceptors (Lipinski definition) is 4. The Hall–Kier alpha value is -3.16. The van der Waals surface area contributed by atoms with Gasteiger partial charge in [0.25, 0.3) is 0 Å². The summed E-state index contributed by atoms with van der Waals surface area (Å²) in [6.45, 7) is 4.59. The van der Waals surface area contributed by atoms with Crippen LogP contribution in [0.2, 0.25) is 5.02 Å². The summed E-state index contributed by atoms with van der Waals surface area (Å²) < 4.78 is 1.83. The molecule has 3 aromatic rings. The molecule has 1 aromatic heterocycles. The summed E-state index contributed by atoms with van der Waals surface area (Å²) in [6.07, 6.45) is 1.87. The molecule has 0 radical (unpaired) electrons. The number of nitrogens with one attached hydrogen (secondary N) is 1. The highest BCUT2D eigenvalue weighted by Crippen LogP contribution is 2.25. The van der Waals surface area contributed by atoms with Crippen molar-refractivity contribution in [2.45, 2.75) is 13.8 Å². The van der Waals surface area contributed by atoms with Gasteiger partial charge in [-0.3, -0.25) is 19.5 Å². The van der Waals surface area contributed by atoms with Gasteiger partial charge in [0.05, 0.1) is 12.2 Å². The maximum Gasteiger partial charge on any atom is 0.246 e. The third-order valence-electron chi connectivity index (χ3n) is 5.01. The Kier molecular flexibility index (Phi) is 7.66. The highest BCUT2D eigenvalue weighted by molar-refractivity contribution is 6.30. The number of amides is 2. The van der Waals surface area contributed by atoms with Crippen LogP contribution >= 0.6 is 11.6 Å². The van der Waals surface area contributed by atoms with Gasteiger partial charge in [-0.2, -0.15) is 0 Å². The molecule has 32 heavy (non-hydrogen) atoms. The predicted octanol–water partition coefficient (Wildman–Crippen LogP) is 3.85. The smallest absolute Gasteiger partial charge is 0.246 e. The van der Waals surface area contributed by atoms with Crippen LogP contribution in [0.1, 0.15) is 12.5 Å². The molecule has 1 N–H and O–H groups in total. The average Bonchev–Trinajstić information content (AvgIpc) is 3.15. The van der Waals surface area contributed by atoms with Crippen LogP contribution in [0.5, 0.6) is 0 Å². The molecule has 0 spiro atoms. The summed E-state index contributed by atoms with van der Waals surface area (Å²) in [4.78, 5) is 32.9. The van der Waals surface area contributed by atoms with Crippen LogP contribution in [0, 0.1) is 6.92 Å². The zero-order chi connectivity index (χ0) is 23.3. The number of rotatable bonds is 8. The van der Waals surface area contributed by atoms with Crippen LogP contribution in [-0.2, 0) is 9.59 Å². The first-order chi connectivity index (χ1) is 15.2. The summed E-state index contributed by atoms with van der Waals surface area (Å²) in [5.41, 5.74) is 3.59. The van der Waals surface area contributed by atoms with E-state index >= 15 is 0 Å². The van der Waals surface area contributed by atoms with Gasteiger partial charge in [-0.15, -0.1) is 0 Å². The van der Waals surface area contributed by atoms with E-state index in [1.54, 1.807) is 12.1 Å². The summed E-state index contributed by atoms with van der Waals surface area (Å²) in [6, 6.07) is 15.3. The van der Waals surface area contributed by atoms with Crippen molar-refractivity contribution in [3.8, 4) is 16.9 Å². The third kappa shape index (κ3) is 6.18. The topological polar surface area (TPSA) is 70.5 Å². The third-order valence-corrected chi connectivity index (χ3v) is 5.26. The highest BCUT2D eigenvalue weighted by Gasteiger charge is 2.18. The molecule has 0 aliphatic carbocycles. The number of hydrogen-bond donors (Lipinski definition) is 1. The Balaban J connectivity index is 1.88. The Morgan fingerprint density at radius 2 is 1.69 bits per heavy atom. The van der Waals surface area contributed by atoms with Crippen molar-refractivity contribution in [3.05, 3.63) is 65.3 Å². The van der Waals surface area contributed by atoms with Gasteiger partial charge < -0.3 is 9.80 Å². The standard InChI is InChI=1S/C24H28ClN5O2/c1-17-5-11-21(12-6-17)30-15-22(19-7-9-20(25)10-8-19)26-24(30)27-23(32)16-29(18(2)31)14-13-28(3)4/h5-12,15H,13-14,16H2,1-4H3,(H,26,27,32). The number of aromatic nitrogens is 2. The molecule has 1 heterocycles. The lowest BCUT2D eigenvalue weighted by Gasteiger charge is -2.22. The average molecular weight is 454 g/mol. The van der Waals surface area contributed by atoms with Gasteiger partial charge in [-0.05, 0) is 45.3 Å². The fourth-order valence-corrected chi connectivity index (χ4v) is 3.26. The van der Waals surface area contributed by atoms with Crippen molar-refractivity contribution in [1.29, 1.82) is 0 Å². The maximum atomic E-state index is 12.8. The molecule has 168 valence electrons. The molecule has 7 nitrogen and oxygen atoms in total. The lowest BCUT2D eigenvalue weighted by molar-refractivity contribution is -0.132. The van der Waals surface area contributed by atoms with Gasteiger partial charge in [-0.25, -0.2) is 4.98 Å². The molecule has 0 aliphatic rings. The van der Waals surface area contributed by atoms with Gasteiger partial charge >= 0.3 is 0 Å². The van der Waals surface area contributed by atoms with Crippen LogP contribution < -0.4 is 5.32 Å². The Morgan fingerprint density at radius 1 is 1.03 bits per heavy atom. The summed E-state index contributed by atoms with van der Waals surface area (Å²) in [5.74, 6) is -0.0637. The van der Waals surface area contributed by atoms with Crippen molar-refractivity contribution in [2.75, 3.05) is 39.0 Å². The lowest BCUT2D eigenvalue weighted by Crippen LogP contribution is -2.40. The van der Waals surface area contributed by atoms with Crippen molar-refractivity contribution < 1.29 is 9.59 Å². The second-order valence-electron chi connectivity index (χ2n) is 7.95. The van der Waals surface area contributed by atoms with E-state index in [1.165, 1.54) is 11.8 Å². The first-order valence-electron chi connectivity index (χ1n) is 10.4. The minimum Gasteiger partial charge on any atom is -0.332 e. The highest BCUT2D eigenvalue weighted by atomic mass is 35.5. The Morgan fingerprint density at radius 3 is 2.28 bits per heavy atom. The minimum atomic E-state index is -0.305. The Labute approximate surface area is 193 Å². The van der Waals surface area contributed by atoms with Crippen molar-refractivity contribution >= 4 is 29.4 Å². The normalized spacial score (nSPS) is 10.9. The summed E-state index contributed by atoms with van der Waals surface area (Å²) in [5, 5.41) is 3.52. The SMILES string of the molecule is CC(=O)N(CCN(C)C)CC(=O)Nc1nc(-c2ccc(Cl)cc2)cn1-c1ccc(C)cc1. The second-order valence-corrected chi connectivity index (χ2v) is 8.39. The number of imidazole rings is 1. The molecule has 0 fully saturated rings. The zero-order valence-electron chi connectivity index (χ0n) is 18.8. The van der Waals surface area contributed by atoms with E-state index in [1.807, 2.05) is 73.1 Å². The van der Waals surface area contributed by atoms with Crippen LogP contribution in [0.25, 0.3) is 16.9 Å². The van der Waals surface area contributed by atoms with E-state index in [4.69, 9.17) is 11.6 Å². The van der Waals surface area contributed by atoms with Gasteiger partial charge in [-0.1, -0.05) is 41.4 Å². The fraction of sp³-hybridized carbons (Fsp3) is 0.292. The zero-order valence-corrected chi connectivity index (χ0v) is 19.6. The number of benzene rings is 2. The molecule has 0 atom stereocenters. The van der Waals surface area contributed by atoms with E-state index in [2.05, 4.69) is 10.3 Å². The molecule has 0 saturated carbocycles. The van der Waals surface area contributed by atoms with Gasteiger partial charge in [0, 0.05) is 42.5 Å².